The molecule has 0 fully saturated rings. The first-order chi connectivity index (χ1) is 9.13. The van der Waals surface area contributed by atoms with Gasteiger partial charge in [0.2, 0.25) is 0 Å². The summed E-state index contributed by atoms with van der Waals surface area (Å²) in [5.74, 6) is 0.303. The van der Waals surface area contributed by atoms with Gasteiger partial charge in [-0.1, -0.05) is 18.2 Å². The van der Waals surface area contributed by atoms with Gasteiger partial charge < -0.3 is 10.5 Å². The second kappa shape index (κ2) is 5.51. The molecule has 0 saturated carbocycles. The highest BCUT2D eigenvalue weighted by atomic mass is 19.1. The summed E-state index contributed by atoms with van der Waals surface area (Å²) in [4.78, 5) is 0. The Labute approximate surface area is 111 Å². The monoisotopic (exact) mass is 256 g/mol. The largest absolute Gasteiger partial charge is 0.456 e. The molecule has 0 heterocycles. The molecule has 1 atom stereocenters. The van der Waals surface area contributed by atoms with E-state index in [1.807, 2.05) is 6.07 Å². The van der Waals surface area contributed by atoms with Crippen molar-refractivity contribution in [3.63, 3.8) is 0 Å². The molecule has 0 aliphatic heterocycles. The molecule has 0 radical (unpaired) electrons. The minimum Gasteiger partial charge on any atom is -0.456 e. The van der Waals surface area contributed by atoms with Crippen LogP contribution >= 0.6 is 0 Å². The Balaban J connectivity index is 2.45. The minimum absolute atomic E-state index is 0.301. The second-order valence-electron chi connectivity index (χ2n) is 4.15. The molecule has 0 bridgehead atoms. The quantitative estimate of drug-likeness (QED) is 0.914. The molecule has 0 aromatic heterocycles. The highest BCUT2D eigenvalue weighted by Gasteiger charge is 2.15. The van der Waals surface area contributed by atoms with E-state index in [2.05, 4.69) is 0 Å². The summed E-state index contributed by atoms with van der Waals surface area (Å²) in [6, 6.07) is 12.8. The number of rotatable bonds is 3. The Kier molecular flexibility index (Phi) is 3.79. The molecule has 0 saturated heterocycles. The third kappa shape index (κ3) is 2.72. The van der Waals surface area contributed by atoms with E-state index in [1.54, 1.807) is 43.3 Å². The molecule has 2 aromatic rings. The number of benzene rings is 2. The van der Waals surface area contributed by atoms with Crippen LogP contribution in [0.25, 0.3) is 0 Å². The molecule has 0 amide bonds. The highest BCUT2D eigenvalue weighted by molar-refractivity contribution is 5.47. The van der Waals surface area contributed by atoms with Crippen molar-refractivity contribution in [2.45, 2.75) is 13.0 Å². The van der Waals surface area contributed by atoms with Crippen molar-refractivity contribution in [2.75, 3.05) is 0 Å². The number of hydrogen-bond donors (Lipinski definition) is 1. The molecule has 96 valence electrons. The van der Waals surface area contributed by atoms with Crippen LogP contribution in [0, 0.1) is 17.1 Å². The zero-order valence-electron chi connectivity index (χ0n) is 10.4. The Hall–Kier alpha value is -2.38. The Morgan fingerprint density at radius 1 is 1.16 bits per heavy atom. The van der Waals surface area contributed by atoms with Crippen LogP contribution in [-0.4, -0.2) is 0 Å². The smallest absolute Gasteiger partial charge is 0.145 e. The fourth-order valence-electron chi connectivity index (χ4n) is 1.81. The number of ether oxygens (including phenoxy) is 1. The lowest BCUT2D eigenvalue weighted by atomic mass is 10.1. The number of nitrogens with two attached hydrogens (primary N) is 1. The lowest BCUT2D eigenvalue weighted by Gasteiger charge is -2.15. The van der Waals surface area contributed by atoms with E-state index >= 15 is 0 Å². The number of hydrogen-bond acceptors (Lipinski definition) is 3. The van der Waals surface area contributed by atoms with Crippen molar-refractivity contribution in [3.05, 3.63) is 59.4 Å². The van der Waals surface area contributed by atoms with Crippen LogP contribution < -0.4 is 10.5 Å². The third-order valence-electron chi connectivity index (χ3n) is 2.70. The molecule has 4 heteroatoms. The first-order valence-corrected chi connectivity index (χ1v) is 5.84. The van der Waals surface area contributed by atoms with E-state index < -0.39 is 11.9 Å². The predicted molar refractivity (Wildman–Crippen MR) is 70.2 cm³/mol. The van der Waals surface area contributed by atoms with Crippen molar-refractivity contribution in [2.24, 2.45) is 5.73 Å². The first-order valence-electron chi connectivity index (χ1n) is 5.84. The molecule has 2 N–H and O–H groups in total. The van der Waals surface area contributed by atoms with Crippen LogP contribution in [-0.2, 0) is 0 Å². The van der Waals surface area contributed by atoms with Gasteiger partial charge in [-0.05, 0) is 31.2 Å². The van der Waals surface area contributed by atoms with Crippen LogP contribution in [0.4, 0.5) is 4.39 Å². The van der Waals surface area contributed by atoms with Crippen molar-refractivity contribution >= 4 is 0 Å². The van der Waals surface area contributed by atoms with Crippen LogP contribution in [0.5, 0.6) is 11.5 Å². The van der Waals surface area contributed by atoms with Gasteiger partial charge in [-0.25, -0.2) is 4.39 Å². The summed E-state index contributed by atoms with van der Waals surface area (Å²) < 4.78 is 19.4. The molecular weight excluding hydrogens is 243 g/mol. The summed E-state index contributed by atoms with van der Waals surface area (Å²) in [5, 5.41) is 9.00. The van der Waals surface area contributed by atoms with E-state index in [0.717, 1.165) is 0 Å². The topological polar surface area (TPSA) is 59.0 Å². The van der Waals surface area contributed by atoms with Gasteiger partial charge in [0, 0.05) is 11.6 Å². The summed E-state index contributed by atoms with van der Waals surface area (Å²) in [6.07, 6.45) is 0. The Bertz CT molecular complexity index is 632. The van der Waals surface area contributed by atoms with Crippen molar-refractivity contribution in [3.8, 4) is 17.6 Å². The maximum Gasteiger partial charge on any atom is 0.145 e. The number of nitrogens with zero attached hydrogens (tertiary/aromatic N) is 1. The standard InChI is InChI=1S/C15H13FN2O/c1-10(18)15-12(16)6-4-8-14(15)19-13-7-3-2-5-11(13)9-17/h2-8,10H,18H2,1H3/t10-/m1/s1. The molecule has 0 aliphatic rings. The maximum atomic E-state index is 13.8. The second-order valence-corrected chi connectivity index (χ2v) is 4.15. The van der Waals surface area contributed by atoms with E-state index in [-0.39, 0.29) is 0 Å². The molecule has 0 unspecified atom stereocenters. The Morgan fingerprint density at radius 3 is 2.53 bits per heavy atom. The van der Waals surface area contributed by atoms with Crippen molar-refractivity contribution in [1.29, 1.82) is 5.26 Å². The van der Waals surface area contributed by atoms with Gasteiger partial charge in [0.05, 0.1) is 5.56 Å². The Morgan fingerprint density at radius 2 is 1.84 bits per heavy atom. The molecule has 3 nitrogen and oxygen atoms in total. The zero-order valence-corrected chi connectivity index (χ0v) is 10.4. The summed E-state index contributed by atoms with van der Waals surface area (Å²) in [5.41, 5.74) is 6.45. The lowest BCUT2D eigenvalue weighted by molar-refractivity contribution is 0.459. The number of nitriles is 1. The fraction of sp³-hybridized carbons (Fsp3) is 0.133. The SMILES string of the molecule is C[C@@H](N)c1c(F)cccc1Oc1ccccc1C#N. The highest BCUT2D eigenvalue weighted by Crippen LogP contribution is 2.32. The zero-order chi connectivity index (χ0) is 13.8. The van der Waals surface area contributed by atoms with Crippen LogP contribution in [0.15, 0.2) is 42.5 Å². The molecule has 0 aliphatic carbocycles. The molecule has 19 heavy (non-hydrogen) atoms. The van der Waals surface area contributed by atoms with E-state index in [1.165, 1.54) is 6.07 Å². The average molecular weight is 256 g/mol. The average Bonchev–Trinajstić information content (AvgIpc) is 2.39. The molecule has 2 rings (SSSR count). The van der Waals surface area contributed by atoms with E-state index in [9.17, 15) is 4.39 Å². The van der Waals surface area contributed by atoms with Crippen LogP contribution in [0.3, 0.4) is 0 Å². The van der Waals surface area contributed by atoms with Gasteiger partial charge in [-0.2, -0.15) is 5.26 Å². The summed E-state index contributed by atoms with van der Waals surface area (Å²) >= 11 is 0. The molecule has 2 aromatic carbocycles. The summed E-state index contributed by atoms with van der Waals surface area (Å²) in [7, 11) is 0. The van der Waals surface area contributed by atoms with E-state index in [0.29, 0.717) is 22.6 Å². The lowest BCUT2D eigenvalue weighted by Crippen LogP contribution is -2.09. The van der Waals surface area contributed by atoms with Crippen LogP contribution in [0.2, 0.25) is 0 Å². The van der Waals surface area contributed by atoms with Crippen molar-refractivity contribution < 1.29 is 9.13 Å². The third-order valence-corrected chi connectivity index (χ3v) is 2.70. The maximum absolute atomic E-state index is 13.8. The van der Waals surface area contributed by atoms with Gasteiger partial charge >= 0.3 is 0 Å². The van der Waals surface area contributed by atoms with Crippen molar-refractivity contribution in [1.82, 2.24) is 0 Å². The normalized spacial score (nSPS) is 11.7. The van der Waals surface area contributed by atoms with Crippen LogP contribution in [0.1, 0.15) is 24.1 Å². The first kappa shape index (κ1) is 13.1. The predicted octanol–water partition coefficient (Wildman–Crippen LogP) is 3.51. The van der Waals surface area contributed by atoms with Gasteiger partial charge in [0.15, 0.2) is 0 Å². The van der Waals surface area contributed by atoms with E-state index in [4.69, 9.17) is 15.7 Å². The van der Waals surface area contributed by atoms with Gasteiger partial charge in [0.25, 0.3) is 0 Å². The molecule has 0 spiro atoms. The molecular formula is C15H13FN2O. The van der Waals surface area contributed by atoms with Gasteiger partial charge in [-0.3, -0.25) is 0 Å². The van der Waals surface area contributed by atoms with Gasteiger partial charge in [-0.15, -0.1) is 0 Å². The fourth-order valence-corrected chi connectivity index (χ4v) is 1.81. The minimum atomic E-state index is -0.495. The summed E-state index contributed by atoms with van der Waals surface area (Å²) in [6.45, 7) is 1.68. The number of halogens is 1. The van der Waals surface area contributed by atoms with Gasteiger partial charge in [0.1, 0.15) is 23.4 Å². The number of para-hydroxylation sites is 1.